The topological polar surface area (TPSA) is 102 Å². The van der Waals surface area contributed by atoms with E-state index in [4.69, 9.17) is 73.5 Å². The first-order valence-electron chi connectivity index (χ1n) is 18.5. The molecule has 0 spiro atoms. The molecule has 0 saturated heterocycles. The van der Waals surface area contributed by atoms with Crippen LogP contribution in [0.1, 0.15) is 61.8 Å². The van der Waals surface area contributed by atoms with E-state index in [1.165, 1.54) is 12.1 Å². The van der Waals surface area contributed by atoms with Crippen molar-refractivity contribution in [1.29, 1.82) is 0 Å². The number of halogens is 5. The molecule has 2 atom stereocenters. The smallest absolute Gasteiger partial charge is 0.320 e. The number of carbonyl (C=O) groups is 2. The molecule has 2 aromatic rings. The van der Waals surface area contributed by atoms with Gasteiger partial charge in [-0.2, -0.15) is 0 Å². The summed E-state index contributed by atoms with van der Waals surface area (Å²) in [5.74, 6) is 5.01. The molecule has 7 nitrogen and oxygen atoms in total. The number of aliphatic hydroxyl groups excluding tert-OH is 1. The number of amides is 4. The summed E-state index contributed by atoms with van der Waals surface area (Å²) in [5, 5.41) is 18.9. The molecule has 2 aliphatic carbocycles. The van der Waals surface area contributed by atoms with Crippen molar-refractivity contribution in [1.82, 2.24) is 10.6 Å². The van der Waals surface area contributed by atoms with Gasteiger partial charge < -0.3 is 26.4 Å². The lowest BCUT2D eigenvalue weighted by Crippen LogP contribution is -2.72. The zero-order chi connectivity index (χ0) is 43.4. The molecule has 2 saturated carbocycles. The molecule has 2 unspecified atom stereocenters. The van der Waals surface area contributed by atoms with Gasteiger partial charge in [-0.1, -0.05) is 47.9 Å². The third kappa shape index (κ3) is 11.2. The molecule has 58 heavy (non-hydrogen) atoms. The summed E-state index contributed by atoms with van der Waals surface area (Å²) in [6.45, 7) is 1.29. The van der Waals surface area contributed by atoms with Crippen LogP contribution < -0.4 is 21.3 Å². The molecule has 6 rings (SSSR count). The Morgan fingerprint density at radius 3 is 1.33 bits per heavy atom. The molecule has 2 aliphatic heterocycles. The van der Waals surface area contributed by atoms with Gasteiger partial charge in [0, 0.05) is 154 Å². The van der Waals surface area contributed by atoms with Crippen LogP contribution in [0.2, 0.25) is 0 Å². The van der Waals surface area contributed by atoms with E-state index >= 15 is 0 Å². The molecule has 26 heteroatoms. The Labute approximate surface area is 356 Å². The van der Waals surface area contributed by atoms with E-state index in [0.717, 1.165) is 45.1 Å². The van der Waals surface area contributed by atoms with Gasteiger partial charge in [0.05, 0.1) is 6.61 Å². The highest BCUT2D eigenvalue weighted by Gasteiger charge is 2.56. The lowest BCUT2D eigenvalue weighted by atomic mass is 8.47. The number of benzene rings is 2. The zero-order valence-electron chi connectivity index (χ0n) is 32.1. The fourth-order valence-electron chi connectivity index (χ4n) is 6.53. The Bertz CT molecular complexity index is 1800. The minimum Gasteiger partial charge on any atom is -0.392 e. The van der Waals surface area contributed by atoms with Crippen molar-refractivity contribution in [3.63, 3.8) is 0 Å². The number of urea groups is 2. The van der Waals surface area contributed by atoms with Crippen molar-refractivity contribution in [3.05, 3.63) is 58.7 Å². The van der Waals surface area contributed by atoms with E-state index < -0.39 is 73.3 Å². The molecule has 2 fully saturated rings. The van der Waals surface area contributed by atoms with Crippen molar-refractivity contribution in [3.8, 4) is 23.7 Å². The van der Waals surface area contributed by atoms with Gasteiger partial charge in [0.2, 0.25) is 0 Å². The van der Waals surface area contributed by atoms with E-state index in [1.807, 2.05) is 0 Å². The standard InChI is InChI=1S/C16H15ClF2N2O.C16H16F2N2O2.B14/c1-15(18,19)16(7-6-10-2-3-10)12-5-4-11(9-17)8-13(12)20-14(22)21-16;1-15(17,18)16(7-6-10-2-3-10)12-5-4-11(9-21)8-13(12)19-14(22)20-16;1-9(2)13(10(3)4)14(11(5)6)12(7)8/h4-5,8,10H,2-3,9H2,1H3,(H2,20,21,22);4-5,8,10,21H,2-3,9H2,1H3,(H2,19,20,22);. The summed E-state index contributed by atoms with van der Waals surface area (Å²) < 4.78 is 57.5. The summed E-state index contributed by atoms with van der Waals surface area (Å²) in [6, 6.07) is 7.94. The quantitative estimate of drug-likeness (QED) is 0.114. The van der Waals surface area contributed by atoms with E-state index in [-0.39, 0.29) is 41.1 Å². The number of aliphatic hydroxyl groups is 1. The van der Waals surface area contributed by atoms with Gasteiger partial charge in [-0.25, -0.2) is 27.2 Å². The molecular weight excluding hydrogens is 751 g/mol. The first-order chi connectivity index (χ1) is 27.0. The number of anilines is 2. The Balaban J connectivity index is 0.000000199. The average Bonchev–Trinajstić information content (AvgIpc) is 4.06. The van der Waals surface area contributed by atoms with Crippen LogP contribution in [-0.4, -0.2) is 129 Å². The van der Waals surface area contributed by atoms with Crippen molar-refractivity contribution in [2.45, 2.75) is 74.9 Å². The van der Waals surface area contributed by atoms with E-state index in [2.05, 4.69) is 44.9 Å². The van der Waals surface area contributed by atoms with Gasteiger partial charge in [0.15, 0.2) is 11.1 Å². The molecule has 2 aromatic carbocycles. The highest BCUT2D eigenvalue weighted by atomic mass is 35.5. The van der Waals surface area contributed by atoms with Gasteiger partial charge in [-0.05, 0) is 48.9 Å². The Hall–Kier alpha value is -3.02. The fourth-order valence-corrected chi connectivity index (χ4v) is 6.70. The number of fused-ring (bicyclic) bond motifs is 2. The molecular formula is C32H31B14ClF4N4O3. The van der Waals surface area contributed by atoms with Crippen molar-refractivity contribution in [2.24, 2.45) is 11.8 Å². The minimum absolute atomic E-state index is 0.131. The van der Waals surface area contributed by atoms with E-state index in [1.54, 1.807) is 24.3 Å². The molecule has 4 aliphatic rings. The van der Waals surface area contributed by atoms with Gasteiger partial charge in [0.1, 0.15) is 0 Å². The summed E-state index contributed by atoms with van der Waals surface area (Å²) >= 11 is 5.77. The molecule has 0 bridgehead atoms. The van der Waals surface area contributed by atoms with Crippen molar-refractivity contribution >= 4 is 135 Å². The zero-order valence-corrected chi connectivity index (χ0v) is 32.9. The van der Waals surface area contributed by atoms with Crippen molar-refractivity contribution in [2.75, 3.05) is 10.6 Å². The maximum absolute atomic E-state index is 14.4. The van der Waals surface area contributed by atoms with Crippen LogP contribution >= 0.6 is 11.6 Å². The summed E-state index contributed by atoms with van der Waals surface area (Å²) in [5.41, 5.74) is -1.74. The SMILES string of the molecule is CC(F)(F)C1(C#CC2CC2)NC(=O)Nc2cc(CCl)ccc21.CC(F)(F)C1(C#CC2CC2)NC(=O)Nc2cc(CO)ccc21.[B]B([B])B(B([B])[B])B(B([B])[B])B([B])[B]. The minimum atomic E-state index is -3.26. The van der Waals surface area contributed by atoms with Gasteiger partial charge >= 0.3 is 12.1 Å². The Kier molecular flexibility index (Phi) is 15.7. The van der Waals surface area contributed by atoms with Crippen LogP contribution in [0.15, 0.2) is 36.4 Å². The number of hydrogen-bond donors (Lipinski definition) is 5. The summed E-state index contributed by atoms with van der Waals surface area (Å²) in [4.78, 5) is 23.8. The Morgan fingerprint density at radius 2 is 1.03 bits per heavy atom. The maximum atomic E-state index is 14.4. The molecule has 2 heterocycles. The Morgan fingerprint density at radius 1 is 0.690 bits per heavy atom. The van der Waals surface area contributed by atoms with E-state index in [0.29, 0.717) is 11.3 Å². The number of carbonyl (C=O) groups excluding carboxylic acids is 2. The molecule has 4 amide bonds. The van der Waals surface area contributed by atoms with Gasteiger partial charge in [-0.15, -0.1) is 11.6 Å². The van der Waals surface area contributed by atoms with Crippen molar-refractivity contribution < 1.29 is 32.3 Å². The highest BCUT2D eigenvalue weighted by Crippen LogP contribution is 2.45. The molecule has 0 aromatic heterocycles. The average molecular weight is 782 g/mol. The van der Waals surface area contributed by atoms with Crippen LogP contribution in [0.3, 0.4) is 0 Å². The fraction of sp³-hybridized carbons (Fsp3) is 0.438. The summed E-state index contributed by atoms with van der Waals surface area (Å²) in [7, 11) is 44.1. The lowest BCUT2D eigenvalue weighted by Gasteiger charge is -2.39. The largest absolute Gasteiger partial charge is 0.392 e. The summed E-state index contributed by atoms with van der Waals surface area (Å²) in [6.07, 6.45) is -0.431. The van der Waals surface area contributed by atoms with Crippen LogP contribution in [0.4, 0.5) is 38.5 Å². The van der Waals surface area contributed by atoms with Gasteiger partial charge in [0.25, 0.3) is 11.8 Å². The molecule has 274 valence electrons. The lowest BCUT2D eigenvalue weighted by molar-refractivity contribution is -0.0467. The number of nitrogens with one attached hydrogen (secondary N) is 4. The monoisotopic (exact) mass is 784 g/mol. The maximum Gasteiger partial charge on any atom is 0.320 e. The van der Waals surface area contributed by atoms with Crippen LogP contribution in [0.5, 0.6) is 0 Å². The third-order valence-corrected chi connectivity index (χ3v) is 10.3. The first kappa shape index (κ1) is 47.7. The van der Waals surface area contributed by atoms with Crippen LogP contribution in [0.25, 0.3) is 0 Å². The van der Waals surface area contributed by atoms with Crippen LogP contribution in [0, 0.1) is 35.5 Å². The predicted octanol–water partition coefficient (Wildman–Crippen LogP) is 1.07. The second-order valence-electron chi connectivity index (χ2n) is 15.0. The first-order valence-corrected chi connectivity index (χ1v) is 19.0. The number of rotatable bonds is 9. The van der Waals surface area contributed by atoms with E-state index in [9.17, 15) is 32.3 Å². The predicted molar refractivity (Wildman–Crippen MR) is 239 cm³/mol. The number of hydrogen-bond acceptors (Lipinski definition) is 3. The molecule has 5 N–H and O–H groups in total. The number of alkyl halides is 5. The second-order valence-corrected chi connectivity index (χ2v) is 15.3. The van der Waals surface area contributed by atoms with Gasteiger partial charge in [-0.3, -0.25) is 0 Å². The normalized spacial score (nSPS) is 20.1. The molecule has 16 radical (unpaired) electrons. The third-order valence-electron chi connectivity index (χ3n) is 10.0. The van der Waals surface area contributed by atoms with Crippen LogP contribution in [-0.2, 0) is 23.6 Å². The highest BCUT2D eigenvalue weighted by molar-refractivity contribution is 8.10. The second kappa shape index (κ2) is 19.1.